The van der Waals surface area contributed by atoms with Gasteiger partial charge in [0.25, 0.3) is 0 Å². The zero-order valence-corrected chi connectivity index (χ0v) is 12.1. The first-order valence-corrected chi connectivity index (χ1v) is 7.18. The maximum atomic E-state index is 6.04. The van der Waals surface area contributed by atoms with Crippen LogP contribution < -0.4 is 5.73 Å². The molecule has 0 aliphatic carbocycles. The molecule has 1 aromatic heterocycles. The second kappa shape index (κ2) is 5.67. The predicted molar refractivity (Wildman–Crippen MR) is 78.1 cm³/mol. The Labute approximate surface area is 116 Å². The minimum atomic E-state index is 0.762. The van der Waals surface area contributed by atoms with Crippen LogP contribution >= 0.6 is 23.4 Å². The van der Waals surface area contributed by atoms with Crippen molar-refractivity contribution in [1.82, 2.24) is 9.78 Å². The topological polar surface area (TPSA) is 43.8 Å². The van der Waals surface area contributed by atoms with Gasteiger partial charge in [-0.2, -0.15) is 5.10 Å². The molecule has 0 aliphatic heterocycles. The third-order valence-electron chi connectivity index (χ3n) is 2.71. The molecule has 0 spiro atoms. The highest BCUT2D eigenvalue weighted by Gasteiger charge is 2.11. The van der Waals surface area contributed by atoms with E-state index < -0.39 is 0 Å². The van der Waals surface area contributed by atoms with Crippen molar-refractivity contribution in [2.75, 3.05) is 5.73 Å². The van der Waals surface area contributed by atoms with Crippen molar-refractivity contribution >= 4 is 29.1 Å². The smallest absolute Gasteiger partial charge is 0.118 e. The predicted octanol–water partition coefficient (Wildman–Crippen LogP) is 3.74. The number of rotatable bonds is 4. The number of hydrogen-bond acceptors (Lipinski definition) is 3. The Balaban J connectivity index is 2.12. The van der Waals surface area contributed by atoms with Gasteiger partial charge < -0.3 is 5.73 Å². The second-order valence-electron chi connectivity index (χ2n) is 4.04. The van der Waals surface area contributed by atoms with Crippen LogP contribution in [0.5, 0.6) is 0 Å². The van der Waals surface area contributed by atoms with Crippen LogP contribution in [0, 0.1) is 6.92 Å². The Kier molecular flexibility index (Phi) is 4.19. The van der Waals surface area contributed by atoms with Crippen LogP contribution in [0.3, 0.4) is 0 Å². The number of hydrogen-bond donors (Lipinski definition) is 1. The summed E-state index contributed by atoms with van der Waals surface area (Å²) < 4.78 is 1.95. The first-order valence-electron chi connectivity index (χ1n) is 5.82. The van der Waals surface area contributed by atoms with Crippen molar-refractivity contribution in [2.45, 2.75) is 31.2 Å². The molecule has 2 rings (SSSR count). The van der Waals surface area contributed by atoms with Gasteiger partial charge in [0.15, 0.2) is 0 Å². The molecule has 2 aromatic rings. The van der Waals surface area contributed by atoms with Crippen LogP contribution in [0.1, 0.15) is 18.2 Å². The molecule has 1 aromatic carbocycles. The van der Waals surface area contributed by atoms with E-state index in [1.54, 1.807) is 11.8 Å². The molecule has 18 heavy (non-hydrogen) atoms. The summed E-state index contributed by atoms with van der Waals surface area (Å²) in [5.74, 6) is 0.868. The normalized spacial score (nSPS) is 10.8. The lowest BCUT2D eigenvalue weighted by molar-refractivity contribution is 0.602. The molecule has 5 heteroatoms. The number of nitrogen functional groups attached to an aromatic ring is 1. The quantitative estimate of drug-likeness (QED) is 0.868. The Morgan fingerprint density at radius 2 is 2.00 bits per heavy atom. The molecule has 3 nitrogen and oxygen atoms in total. The van der Waals surface area contributed by atoms with Crippen LogP contribution in [0.15, 0.2) is 29.3 Å². The molecule has 0 radical (unpaired) electrons. The minimum Gasteiger partial charge on any atom is -0.395 e. The highest BCUT2D eigenvalue weighted by molar-refractivity contribution is 7.98. The molecule has 0 unspecified atom stereocenters. The van der Waals surface area contributed by atoms with Crippen LogP contribution in [-0.4, -0.2) is 9.78 Å². The van der Waals surface area contributed by atoms with E-state index in [9.17, 15) is 0 Å². The van der Waals surface area contributed by atoms with Crippen molar-refractivity contribution in [3.8, 4) is 0 Å². The highest BCUT2D eigenvalue weighted by atomic mass is 35.5. The van der Waals surface area contributed by atoms with Gasteiger partial charge >= 0.3 is 0 Å². The number of nitrogens with two attached hydrogens (primary N) is 1. The number of aryl methyl sites for hydroxylation is 2. The van der Waals surface area contributed by atoms with Gasteiger partial charge in [-0.05, 0) is 31.5 Å². The molecule has 2 N–H and O–H groups in total. The van der Waals surface area contributed by atoms with Gasteiger partial charge in [-0.3, -0.25) is 4.68 Å². The minimum absolute atomic E-state index is 0.762. The summed E-state index contributed by atoms with van der Waals surface area (Å²) in [6, 6.07) is 7.88. The third kappa shape index (κ3) is 2.82. The summed E-state index contributed by atoms with van der Waals surface area (Å²) >= 11 is 7.57. The molecule has 1 heterocycles. The average molecular weight is 282 g/mol. The Morgan fingerprint density at radius 3 is 2.61 bits per heavy atom. The fourth-order valence-electron chi connectivity index (χ4n) is 1.67. The summed E-state index contributed by atoms with van der Waals surface area (Å²) in [4.78, 5) is 0. The maximum absolute atomic E-state index is 6.04. The second-order valence-corrected chi connectivity index (χ2v) is 5.44. The molecule has 0 saturated carbocycles. The van der Waals surface area contributed by atoms with Gasteiger partial charge in [-0.1, -0.05) is 35.5 Å². The number of benzene rings is 1. The number of aromatic nitrogens is 2. The molecular weight excluding hydrogens is 266 g/mol. The number of nitrogens with zero attached hydrogens (tertiary/aromatic N) is 2. The van der Waals surface area contributed by atoms with E-state index >= 15 is 0 Å². The van der Waals surface area contributed by atoms with Crippen LogP contribution in [0.2, 0.25) is 5.02 Å². The molecule has 0 amide bonds. The largest absolute Gasteiger partial charge is 0.395 e. The Hall–Kier alpha value is -1.13. The lowest BCUT2D eigenvalue weighted by Crippen LogP contribution is -1.99. The van der Waals surface area contributed by atoms with E-state index in [2.05, 4.69) is 12.0 Å². The van der Waals surface area contributed by atoms with E-state index in [1.165, 1.54) is 5.56 Å². The summed E-state index contributed by atoms with van der Waals surface area (Å²) in [5, 5.41) is 6.21. The Morgan fingerprint density at radius 1 is 1.33 bits per heavy atom. The van der Waals surface area contributed by atoms with E-state index in [0.717, 1.165) is 33.7 Å². The molecule has 0 aliphatic rings. The van der Waals surface area contributed by atoms with E-state index in [0.29, 0.717) is 0 Å². The fourth-order valence-corrected chi connectivity index (χ4v) is 2.92. The monoisotopic (exact) mass is 281 g/mol. The summed E-state index contributed by atoms with van der Waals surface area (Å²) in [6.07, 6.45) is 0. The lowest BCUT2D eigenvalue weighted by Gasteiger charge is -2.05. The number of halogens is 1. The number of thioether (sulfide) groups is 1. The van der Waals surface area contributed by atoms with Crippen molar-refractivity contribution in [1.29, 1.82) is 0 Å². The summed E-state index contributed by atoms with van der Waals surface area (Å²) in [7, 11) is 0. The lowest BCUT2D eigenvalue weighted by atomic mass is 10.2. The van der Waals surface area contributed by atoms with E-state index in [1.807, 2.05) is 35.9 Å². The molecule has 0 bridgehead atoms. The van der Waals surface area contributed by atoms with Crippen LogP contribution in [0.25, 0.3) is 0 Å². The van der Waals surface area contributed by atoms with E-state index in [4.69, 9.17) is 17.3 Å². The van der Waals surface area contributed by atoms with Gasteiger partial charge in [0.05, 0.1) is 11.4 Å². The highest BCUT2D eigenvalue weighted by Crippen LogP contribution is 2.30. The van der Waals surface area contributed by atoms with Crippen molar-refractivity contribution in [2.24, 2.45) is 0 Å². The Bertz CT molecular complexity index is 534. The standard InChI is InChI=1S/C13H16ClN3S/c1-3-17-13(12(15)9(2)16-17)18-8-10-4-6-11(14)7-5-10/h4-7H,3,8,15H2,1-2H3. The van der Waals surface area contributed by atoms with Crippen LogP contribution in [-0.2, 0) is 12.3 Å². The summed E-state index contributed by atoms with van der Waals surface area (Å²) in [6.45, 7) is 4.84. The third-order valence-corrected chi connectivity index (χ3v) is 4.15. The van der Waals surface area contributed by atoms with E-state index in [-0.39, 0.29) is 0 Å². The van der Waals surface area contributed by atoms with Crippen molar-refractivity contribution in [3.63, 3.8) is 0 Å². The van der Waals surface area contributed by atoms with Gasteiger partial charge in [0, 0.05) is 17.3 Å². The molecule has 0 atom stereocenters. The zero-order chi connectivity index (χ0) is 13.1. The van der Waals surface area contributed by atoms with Crippen molar-refractivity contribution < 1.29 is 0 Å². The zero-order valence-electron chi connectivity index (χ0n) is 10.5. The average Bonchev–Trinajstić information content (AvgIpc) is 2.65. The molecular formula is C13H16ClN3S. The van der Waals surface area contributed by atoms with Crippen molar-refractivity contribution in [3.05, 3.63) is 40.5 Å². The van der Waals surface area contributed by atoms with Crippen LogP contribution in [0.4, 0.5) is 5.69 Å². The molecule has 0 fully saturated rings. The first kappa shape index (κ1) is 13.3. The van der Waals surface area contributed by atoms with Gasteiger partial charge in [-0.25, -0.2) is 0 Å². The first-order chi connectivity index (χ1) is 8.61. The maximum Gasteiger partial charge on any atom is 0.118 e. The molecule has 96 valence electrons. The van der Waals surface area contributed by atoms with Gasteiger partial charge in [0.2, 0.25) is 0 Å². The van der Waals surface area contributed by atoms with Gasteiger partial charge in [0.1, 0.15) is 5.03 Å². The molecule has 0 saturated heterocycles. The summed E-state index contributed by atoms with van der Waals surface area (Å²) in [5.41, 5.74) is 8.96. The fraction of sp³-hybridized carbons (Fsp3) is 0.308. The SMILES string of the molecule is CCn1nc(C)c(N)c1SCc1ccc(Cl)cc1. The van der Waals surface area contributed by atoms with Gasteiger partial charge in [-0.15, -0.1) is 0 Å². The number of anilines is 1.